The van der Waals surface area contributed by atoms with Gasteiger partial charge in [0.1, 0.15) is 12.4 Å². The van der Waals surface area contributed by atoms with Crippen molar-refractivity contribution in [2.24, 2.45) is 0 Å². The van der Waals surface area contributed by atoms with E-state index >= 15 is 0 Å². The third-order valence-corrected chi connectivity index (χ3v) is 4.10. The Kier molecular flexibility index (Phi) is 6.46. The fourth-order valence-corrected chi connectivity index (χ4v) is 2.73. The maximum Gasteiger partial charge on any atom is 0.315 e. The van der Waals surface area contributed by atoms with E-state index in [0.29, 0.717) is 26.2 Å². The average Bonchev–Trinajstić information content (AvgIpc) is 3.18. The summed E-state index contributed by atoms with van der Waals surface area (Å²) in [5.41, 5.74) is 3.34. The number of rotatable bonds is 8. The standard InChI is InChI=1S/C21H24N4O2/c1-17-6-4-9-20(14-17)27-13-11-22-21(26)23-15-18-7-2-3-8-19(18)16-25-12-5-10-24-25/h2-10,12,14H,11,13,15-16H2,1H3,(H2,22,23,26). The largest absolute Gasteiger partial charge is 0.492 e. The second-order valence-corrected chi connectivity index (χ2v) is 6.25. The van der Waals surface area contributed by atoms with E-state index in [2.05, 4.69) is 15.7 Å². The SMILES string of the molecule is Cc1cccc(OCCNC(=O)NCc2ccccc2Cn2cccn2)c1. The summed E-state index contributed by atoms with van der Waals surface area (Å²) in [5.74, 6) is 0.810. The van der Waals surface area contributed by atoms with E-state index in [4.69, 9.17) is 4.74 Å². The summed E-state index contributed by atoms with van der Waals surface area (Å²) in [6.07, 6.45) is 3.68. The van der Waals surface area contributed by atoms with Crippen molar-refractivity contribution in [3.8, 4) is 5.75 Å². The van der Waals surface area contributed by atoms with Gasteiger partial charge >= 0.3 is 6.03 Å². The molecule has 0 bridgehead atoms. The first-order chi connectivity index (χ1) is 13.2. The molecule has 0 spiro atoms. The number of amides is 2. The Hall–Kier alpha value is -3.28. The van der Waals surface area contributed by atoms with Crippen LogP contribution in [-0.4, -0.2) is 29.0 Å². The minimum atomic E-state index is -0.211. The monoisotopic (exact) mass is 364 g/mol. The first-order valence-electron chi connectivity index (χ1n) is 8.96. The molecule has 0 saturated heterocycles. The van der Waals surface area contributed by atoms with Gasteiger partial charge in [0.05, 0.1) is 13.1 Å². The van der Waals surface area contributed by atoms with Crippen molar-refractivity contribution in [1.29, 1.82) is 0 Å². The lowest BCUT2D eigenvalue weighted by atomic mass is 10.1. The van der Waals surface area contributed by atoms with Crippen LogP contribution >= 0.6 is 0 Å². The number of nitrogens with one attached hydrogen (secondary N) is 2. The van der Waals surface area contributed by atoms with Crippen molar-refractivity contribution in [3.05, 3.63) is 83.7 Å². The predicted octanol–water partition coefficient (Wildman–Crippen LogP) is 3.12. The van der Waals surface area contributed by atoms with Crippen molar-refractivity contribution < 1.29 is 9.53 Å². The highest BCUT2D eigenvalue weighted by Crippen LogP contribution is 2.12. The number of hydrogen-bond acceptors (Lipinski definition) is 3. The first kappa shape index (κ1) is 18.5. The van der Waals surface area contributed by atoms with Crippen LogP contribution in [0.2, 0.25) is 0 Å². The summed E-state index contributed by atoms with van der Waals surface area (Å²) < 4.78 is 7.49. The van der Waals surface area contributed by atoms with Gasteiger partial charge in [0, 0.05) is 18.9 Å². The van der Waals surface area contributed by atoms with Gasteiger partial charge in [0.15, 0.2) is 0 Å². The zero-order valence-corrected chi connectivity index (χ0v) is 15.4. The van der Waals surface area contributed by atoms with Crippen LogP contribution in [-0.2, 0) is 13.1 Å². The molecule has 27 heavy (non-hydrogen) atoms. The van der Waals surface area contributed by atoms with E-state index < -0.39 is 0 Å². The van der Waals surface area contributed by atoms with Crippen molar-refractivity contribution >= 4 is 6.03 Å². The van der Waals surface area contributed by atoms with Crippen LogP contribution in [0.3, 0.4) is 0 Å². The van der Waals surface area contributed by atoms with Gasteiger partial charge in [-0.2, -0.15) is 5.10 Å². The summed E-state index contributed by atoms with van der Waals surface area (Å²) in [7, 11) is 0. The maximum absolute atomic E-state index is 12.0. The maximum atomic E-state index is 12.0. The van der Waals surface area contributed by atoms with Gasteiger partial charge < -0.3 is 15.4 Å². The quantitative estimate of drug-likeness (QED) is 0.604. The topological polar surface area (TPSA) is 68.2 Å². The number of nitrogens with zero attached hydrogens (tertiary/aromatic N) is 2. The second kappa shape index (κ2) is 9.43. The Labute approximate surface area is 159 Å². The molecule has 140 valence electrons. The second-order valence-electron chi connectivity index (χ2n) is 6.25. The molecule has 0 saturated carbocycles. The zero-order chi connectivity index (χ0) is 18.9. The normalized spacial score (nSPS) is 10.4. The van der Waals surface area contributed by atoms with E-state index in [-0.39, 0.29) is 6.03 Å². The number of carbonyl (C=O) groups excluding carboxylic acids is 1. The number of benzene rings is 2. The Bertz CT molecular complexity index is 862. The average molecular weight is 364 g/mol. The molecule has 0 aliphatic carbocycles. The van der Waals surface area contributed by atoms with E-state index in [1.807, 2.05) is 72.4 Å². The highest BCUT2D eigenvalue weighted by atomic mass is 16.5. The first-order valence-corrected chi connectivity index (χ1v) is 8.96. The van der Waals surface area contributed by atoms with Crippen LogP contribution in [0.4, 0.5) is 4.79 Å². The van der Waals surface area contributed by atoms with Crippen LogP contribution in [0.5, 0.6) is 5.75 Å². The molecule has 2 amide bonds. The van der Waals surface area contributed by atoms with Gasteiger partial charge in [0.25, 0.3) is 0 Å². The van der Waals surface area contributed by atoms with Gasteiger partial charge in [0.2, 0.25) is 0 Å². The molecule has 0 atom stereocenters. The minimum absolute atomic E-state index is 0.211. The Morgan fingerprint density at radius 3 is 2.70 bits per heavy atom. The summed E-state index contributed by atoms with van der Waals surface area (Å²) in [4.78, 5) is 12.0. The fraction of sp³-hybridized carbons (Fsp3) is 0.238. The third-order valence-electron chi connectivity index (χ3n) is 4.10. The lowest BCUT2D eigenvalue weighted by Gasteiger charge is -2.12. The minimum Gasteiger partial charge on any atom is -0.492 e. The summed E-state index contributed by atoms with van der Waals surface area (Å²) in [6, 6.07) is 17.5. The molecule has 1 aromatic heterocycles. The summed E-state index contributed by atoms with van der Waals surface area (Å²) in [5, 5.41) is 9.93. The number of ether oxygens (including phenoxy) is 1. The number of carbonyl (C=O) groups is 1. The molecule has 6 nitrogen and oxygen atoms in total. The smallest absolute Gasteiger partial charge is 0.315 e. The zero-order valence-electron chi connectivity index (χ0n) is 15.4. The van der Waals surface area contributed by atoms with E-state index in [0.717, 1.165) is 22.4 Å². The molecule has 0 fully saturated rings. The molecule has 2 aromatic carbocycles. The number of aromatic nitrogens is 2. The van der Waals surface area contributed by atoms with Crippen molar-refractivity contribution in [3.63, 3.8) is 0 Å². The summed E-state index contributed by atoms with van der Waals surface area (Å²) in [6.45, 7) is 4.02. The van der Waals surface area contributed by atoms with Gasteiger partial charge in [-0.15, -0.1) is 0 Å². The Balaban J connectivity index is 1.41. The molecule has 0 unspecified atom stereocenters. The van der Waals surface area contributed by atoms with Crippen molar-refractivity contribution in [2.45, 2.75) is 20.0 Å². The molecule has 0 aliphatic rings. The molecular formula is C21H24N4O2. The molecule has 0 aliphatic heterocycles. The van der Waals surface area contributed by atoms with Crippen LogP contribution in [0.15, 0.2) is 67.0 Å². The highest BCUT2D eigenvalue weighted by Gasteiger charge is 2.05. The highest BCUT2D eigenvalue weighted by molar-refractivity contribution is 5.73. The van der Waals surface area contributed by atoms with Gasteiger partial charge in [-0.05, 0) is 41.8 Å². The Morgan fingerprint density at radius 1 is 1.07 bits per heavy atom. The lowest BCUT2D eigenvalue weighted by molar-refractivity contribution is 0.236. The molecule has 2 N–H and O–H groups in total. The van der Waals surface area contributed by atoms with Gasteiger partial charge in [-0.25, -0.2) is 4.79 Å². The van der Waals surface area contributed by atoms with Crippen molar-refractivity contribution in [2.75, 3.05) is 13.2 Å². The molecular weight excluding hydrogens is 340 g/mol. The number of urea groups is 1. The fourth-order valence-electron chi connectivity index (χ4n) is 2.73. The molecule has 1 heterocycles. The van der Waals surface area contributed by atoms with Crippen LogP contribution < -0.4 is 15.4 Å². The Morgan fingerprint density at radius 2 is 1.93 bits per heavy atom. The molecule has 3 aromatic rings. The summed E-state index contributed by atoms with van der Waals surface area (Å²) >= 11 is 0. The van der Waals surface area contributed by atoms with Gasteiger partial charge in [-0.3, -0.25) is 4.68 Å². The molecule has 0 radical (unpaired) electrons. The molecule has 3 rings (SSSR count). The predicted molar refractivity (Wildman–Crippen MR) is 105 cm³/mol. The number of hydrogen-bond donors (Lipinski definition) is 2. The van der Waals surface area contributed by atoms with Crippen LogP contribution in [0.25, 0.3) is 0 Å². The third kappa shape index (κ3) is 5.88. The number of aryl methyl sites for hydroxylation is 1. The van der Waals surface area contributed by atoms with Gasteiger partial charge in [-0.1, -0.05) is 36.4 Å². The van der Waals surface area contributed by atoms with E-state index in [9.17, 15) is 4.79 Å². The van der Waals surface area contributed by atoms with Crippen LogP contribution in [0, 0.1) is 6.92 Å². The van der Waals surface area contributed by atoms with Crippen molar-refractivity contribution in [1.82, 2.24) is 20.4 Å². The van der Waals surface area contributed by atoms with E-state index in [1.165, 1.54) is 0 Å². The lowest BCUT2D eigenvalue weighted by Crippen LogP contribution is -2.37. The van der Waals surface area contributed by atoms with E-state index in [1.54, 1.807) is 6.20 Å². The van der Waals surface area contributed by atoms with Crippen LogP contribution in [0.1, 0.15) is 16.7 Å². The molecule has 6 heteroatoms.